The molecule has 1 aliphatic rings. The van der Waals surface area contributed by atoms with Gasteiger partial charge in [0.05, 0.1) is 10.6 Å². The molecule has 0 bridgehead atoms. The van der Waals surface area contributed by atoms with E-state index in [-0.39, 0.29) is 11.2 Å². The Bertz CT molecular complexity index is 479. The molecule has 0 amide bonds. The van der Waals surface area contributed by atoms with Crippen LogP contribution in [0.4, 0.5) is 5.13 Å². The Morgan fingerprint density at radius 3 is 2.53 bits per heavy atom. The molecule has 0 unspecified atom stereocenters. The summed E-state index contributed by atoms with van der Waals surface area (Å²) in [5, 5.41) is 0.970. The van der Waals surface area contributed by atoms with Gasteiger partial charge in [-0.05, 0) is 25.9 Å². The zero-order chi connectivity index (χ0) is 14.2. The molecule has 2 rings (SSSR count). The number of hydrogen-bond acceptors (Lipinski definition) is 5. The molecule has 0 saturated carbocycles. The molecule has 1 aromatic rings. The van der Waals surface area contributed by atoms with Gasteiger partial charge in [0.15, 0.2) is 10.9 Å². The van der Waals surface area contributed by atoms with Crippen molar-refractivity contribution in [1.82, 2.24) is 9.88 Å². The predicted molar refractivity (Wildman–Crippen MR) is 80.4 cm³/mol. The third kappa shape index (κ3) is 3.34. The van der Waals surface area contributed by atoms with Gasteiger partial charge in [-0.25, -0.2) is 4.98 Å². The smallest absolute Gasteiger partial charge is 0.186 e. The topological polar surface area (TPSA) is 36.4 Å². The normalized spacial score (nSPS) is 17.7. The Morgan fingerprint density at radius 1 is 1.21 bits per heavy atom. The number of Topliss-reactive ketones (excluding diaryl/α,β-unsaturated/α-hetero) is 1. The van der Waals surface area contributed by atoms with Crippen LogP contribution in [0.2, 0.25) is 0 Å². The fourth-order valence-electron chi connectivity index (χ4n) is 2.32. The predicted octanol–water partition coefficient (Wildman–Crippen LogP) is 2.30. The van der Waals surface area contributed by atoms with Crippen molar-refractivity contribution in [2.45, 2.75) is 26.7 Å². The van der Waals surface area contributed by atoms with Crippen LogP contribution in [0.3, 0.4) is 0 Å². The fraction of sp³-hybridized carbons (Fsp3) is 0.714. The van der Waals surface area contributed by atoms with E-state index in [1.54, 1.807) is 11.3 Å². The molecule has 0 spiro atoms. The molecule has 5 heteroatoms. The third-order valence-electron chi connectivity index (χ3n) is 3.43. The van der Waals surface area contributed by atoms with E-state index < -0.39 is 0 Å². The first-order valence-corrected chi connectivity index (χ1v) is 7.49. The molecular formula is C14H23N3OS. The van der Waals surface area contributed by atoms with Crippen molar-refractivity contribution in [3.05, 3.63) is 10.6 Å². The number of ketones is 1. The van der Waals surface area contributed by atoms with Gasteiger partial charge in [-0.2, -0.15) is 0 Å². The lowest BCUT2D eigenvalue weighted by Crippen LogP contribution is -2.28. The van der Waals surface area contributed by atoms with Gasteiger partial charge in [0.2, 0.25) is 0 Å². The highest BCUT2D eigenvalue weighted by Crippen LogP contribution is 2.38. The van der Waals surface area contributed by atoms with Gasteiger partial charge in [0, 0.05) is 26.6 Å². The first-order valence-electron chi connectivity index (χ1n) is 6.67. The third-order valence-corrected chi connectivity index (χ3v) is 4.69. The van der Waals surface area contributed by atoms with Gasteiger partial charge in [-0.1, -0.05) is 25.2 Å². The van der Waals surface area contributed by atoms with Crippen molar-refractivity contribution < 1.29 is 4.79 Å². The highest BCUT2D eigenvalue weighted by atomic mass is 32.1. The van der Waals surface area contributed by atoms with Crippen LogP contribution in [0.1, 0.15) is 35.6 Å². The number of thiazole rings is 1. The second-order valence-corrected chi connectivity index (χ2v) is 7.42. The maximum absolute atomic E-state index is 12.1. The standard InChI is InChI=1S/C14H23N3OS/c1-14(2)8-10-12(11(18)9-14)19-13(15-10)17(5)7-6-16(3)4/h6-9H2,1-5H3. The van der Waals surface area contributed by atoms with Crippen LogP contribution >= 0.6 is 11.3 Å². The molecule has 1 heterocycles. The molecular weight excluding hydrogens is 258 g/mol. The van der Waals surface area contributed by atoms with Crippen LogP contribution in [-0.4, -0.2) is 49.9 Å². The number of anilines is 1. The van der Waals surface area contributed by atoms with Crippen LogP contribution in [0.15, 0.2) is 0 Å². The molecule has 0 N–H and O–H groups in total. The molecule has 0 aromatic carbocycles. The SMILES string of the molecule is CN(C)CCN(C)c1nc2c(s1)C(=O)CC(C)(C)C2. The first kappa shape index (κ1) is 14.5. The highest BCUT2D eigenvalue weighted by molar-refractivity contribution is 7.17. The second-order valence-electron chi connectivity index (χ2n) is 6.44. The summed E-state index contributed by atoms with van der Waals surface area (Å²) in [7, 11) is 6.17. The first-order chi connectivity index (χ1) is 8.78. The average Bonchev–Trinajstić information content (AvgIpc) is 2.68. The molecule has 4 nitrogen and oxygen atoms in total. The van der Waals surface area contributed by atoms with Crippen molar-refractivity contribution in [3.8, 4) is 0 Å². The van der Waals surface area contributed by atoms with Crippen LogP contribution in [0, 0.1) is 5.41 Å². The van der Waals surface area contributed by atoms with Gasteiger partial charge in [-0.15, -0.1) is 0 Å². The fourth-order valence-corrected chi connectivity index (χ4v) is 3.32. The molecule has 106 valence electrons. The molecule has 0 atom stereocenters. The largest absolute Gasteiger partial charge is 0.350 e. The molecule has 0 radical (unpaired) electrons. The van der Waals surface area contributed by atoms with E-state index >= 15 is 0 Å². The van der Waals surface area contributed by atoms with E-state index in [4.69, 9.17) is 0 Å². The number of fused-ring (bicyclic) bond motifs is 1. The van der Waals surface area contributed by atoms with Crippen molar-refractivity contribution in [2.75, 3.05) is 39.1 Å². The zero-order valence-corrected chi connectivity index (χ0v) is 13.3. The van der Waals surface area contributed by atoms with Crippen LogP contribution < -0.4 is 4.90 Å². The highest BCUT2D eigenvalue weighted by Gasteiger charge is 2.34. The lowest BCUT2D eigenvalue weighted by atomic mass is 9.78. The summed E-state index contributed by atoms with van der Waals surface area (Å²) in [6, 6.07) is 0. The summed E-state index contributed by atoms with van der Waals surface area (Å²) in [6.07, 6.45) is 1.55. The van der Waals surface area contributed by atoms with Crippen molar-refractivity contribution >= 4 is 22.3 Å². The van der Waals surface area contributed by atoms with Crippen molar-refractivity contribution in [3.63, 3.8) is 0 Å². The molecule has 0 fully saturated rings. The average molecular weight is 281 g/mol. The molecule has 1 aliphatic carbocycles. The van der Waals surface area contributed by atoms with Gasteiger partial charge in [-0.3, -0.25) is 4.79 Å². The molecule has 0 aliphatic heterocycles. The number of carbonyl (C=O) groups is 1. The van der Waals surface area contributed by atoms with E-state index in [0.717, 1.165) is 35.2 Å². The Hall–Kier alpha value is -0.940. The van der Waals surface area contributed by atoms with Gasteiger partial charge in [0.25, 0.3) is 0 Å². The Kier molecular flexibility index (Phi) is 3.97. The number of likely N-dealkylation sites (N-methyl/N-ethyl adjacent to an activating group) is 2. The maximum Gasteiger partial charge on any atom is 0.186 e. The molecule has 1 aromatic heterocycles. The van der Waals surface area contributed by atoms with Gasteiger partial charge in [0.1, 0.15) is 0 Å². The summed E-state index contributed by atoms with van der Waals surface area (Å²) in [4.78, 5) is 22.0. The zero-order valence-electron chi connectivity index (χ0n) is 12.5. The van der Waals surface area contributed by atoms with E-state index in [1.165, 1.54) is 0 Å². The minimum absolute atomic E-state index is 0.0532. The van der Waals surface area contributed by atoms with Crippen molar-refractivity contribution in [2.24, 2.45) is 5.41 Å². The minimum atomic E-state index is 0.0532. The van der Waals surface area contributed by atoms with Crippen molar-refractivity contribution in [1.29, 1.82) is 0 Å². The number of aromatic nitrogens is 1. The van der Waals surface area contributed by atoms with Crippen LogP contribution in [0.5, 0.6) is 0 Å². The molecule has 0 saturated heterocycles. The van der Waals surface area contributed by atoms with Gasteiger partial charge >= 0.3 is 0 Å². The Labute approximate surface area is 119 Å². The van der Waals surface area contributed by atoms with E-state index in [0.29, 0.717) is 6.42 Å². The lowest BCUT2D eigenvalue weighted by molar-refractivity contribution is 0.0916. The summed E-state index contributed by atoms with van der Waals surface area (Å²) >= 11 is 1.55. The van der Waals surface area contributed by atoms with E-state index in [9.17, 15) is 4.79 Å². The van der Waals surface area contributed by atoms with E-state index in [1.807, 2.05) is 7.05 Å². The maximum atomic E-state index is 12.1. The number of nitrogens with zero attached hydrogens (tertiary/aromatic N) is 3. The summed E-state index contributed by atoms with van der Waals surface area (Å²) in [5.74, 6) is 0.260. The second kappa shape index (κ2) is 5.21. The number of hydrogen-bond donors (Lipinski definition) is 0. The van der Waals surface area contributed by atoms with Crippen LogP contribution in [0.25, 0.3) is 0 Å². The number of rotatable bonds is 4. The minimum Gasteiger partial charge on any atom is -0.350 e. The van der Waals surface area contributed by atoms with Gasteiger partial charge < -0.3 is 9.80 Å². The monoisotopic (exact) mass is 281 g/mol. The Balaban J connectivity index is 2.16. The Morgan fingerprint density at radius 2 is 1.89 bits per heavy atom. The molecule has 19 heavy (non-hydrogen) atoms. The van der Waals surface area contributed by atoms with E-state index in [2.05, 4.69) is 42.7 Å². The summed E-state index contributed by atoms with van der Waals surface area (Å²) in [6.45, 7) is 6.20. The number of carbonyl (C=O) groups excluding carboxylic acids is 1. The summed E-state index contributed by atoms with van der Waals surface area (Å²) in [5.41, 5.74) is 1.05. The summed E-state index contributed by atoms with van der Waals surface area (Å²) < 4.78 is 0. The lowest BCUT2D eigenvalue weighted by Gasteiger charge is -2.26. The van der Waals surface area contributed by atoms with Crippen LogP contribution in [-0.2, 0) is 6.42 Å². The quantitative estimate of drug-likeness (QED) is 0.848.